The maximum absolute atomic E-state index is 13.2. The number of benzene rings is 2. The van der Waals surface area contributed by atoms with E-state index in [-0.39, 0.29) is 17.9 Å². The molecule has 0 unspecified atom stereocenters. The zero-order valence-electron chi connectivity index (χ0n) is 13.3. The van der Waals surface area contributed by atoms with Crippen molar-refractivity contribution in [2.24, 2.45) is 5.92 Å². The number of fused-ring (bicyclic) bond motifs is 1. The lowest BCUT2D eigenvalue weighted by atomic mass is 9.87. The molecule has 2 nitrogen and oxygen atoms in total. The first kappa shape index (κ1) is 15.7. The Morgan fingerprint density at radius 1 is 1.09 bits per heavy atom. The number of carbonyl (C=O) groups excluding carboxylic acids is 1. The molecule has 1 aliphatic carbocycles. The van der Waals surface area contributed by atoms with Crippen molar-refractivity contribution in [3.05, 3.63) is 59.9 Å². The summed E-state index contributed by atoms with van der Waals surface area (Å²) in [6, 6.07) is 9.78. The minimum absolute atomic E-state index is 0.00733. The molecule has 0 atom stereocenters. The number of carbonyl (C=O) groups is 1. The van der Waals surface area contributed by atoms with Crippen LogP contribution in [-0.2, 0) is 4.74 Å². The van der Waals surface area contributed by atoms with Crippen LogP contribution in [0.3, 0.4) is 0 Å². The number of ether oxygens (including phenoxy) is 1. The lowest BCUT2D eigenvalue weighted by molar-refractivity contribution is 0.0185. The van der Waals surface area contributed by atoms with Crippen LogP contribution in [0.2, 0.25) is 0 Å². The van der Waals surface area contributed by atoms with E-state index in [1.54, 1.807) is 24.3 Å². The second-order valence-corrected chi connectivity index (χ2v) is 6.17. The zero-order valence-corrected chi connectivity index (χ0v) is 13.3. The van der Waals surface area contributed by atoms with Crippen LogP contribution in [0.4, 0.5) is 4.39 Å². The van der Waals surface area contributed by atoms with Crippen LogP contribution < -0.4 is 0 Å². The average Bonchev–Trinajstić information content (AvgIpc) is 2.56. The van der Waals surface area contributed by atoms with Gasteiger partial charge in [0.15, 0.2) is 0 Å². The molecule has 0 spiro atoms. The van der Waals surface area contributed by atoms with E-state index in [0.29, 0.717) is 11.5 Å². The van der Waals surface area contributed by atoms with Gasteiger partial charge in [-0.25, -0.2) is 9.18 Å². The summed E-state index contributed by atoms with van der Waals surface area (Å²) in [6.07, 6.45) is 8.31. The van der Waals surface area contributed by atoms with Gasteiger partial charge in [-0.15, -0.1) is 0 Å². The highest BCUT2D eigenvalue weighted by atomic mass is 19.1. The minimum atomic E-state index is -0.286. The normalized spacial score (nSPS) is 21.7. The fourth-order valence-electron chi connectivity index (χ4n) is 3.23. The highest BCUT2D eigenvalue weighted by molar-refractivity contribution is 5.95. The summed E-state index contributed by atoms with van der Waals surface area (Å²) in [6.45, 7) is 2.04. The summed E-state index contributed by atoms with van der Waals surface area (Å²) in [5.74, 6) is 0.0574. The van der Waals surface area contributed by atoms with Gasteiger partial charge in [-0.1, -0.05) is 24.3 Å². The summed E-state index contributed by atoms with van der Waals surface area (Å²) in [7, 11) is 0. The van der Waals surface area contributed by atoms with E-state index in [1.165, 1.54) is 12.1 Å². The monoisotopic (exact) mass is 312 g/mol. The van der Waals surface area contributed by atoms with Crippen LogP contribution in [0, 0.1) is 11.7 Å². The topological polar surface area (TPSA) is 26.3 Å². The molecule has 0 aromatic heterocycles. The standard InChI is InChI=1S/C20H21FO2/c1-2-3-14-4-10-19(11-5-14)23-20(22)17-7-6-16-13-18(21)9-8-15(16)12-17/h2-3,6-9,12-14,19H,4-5,10-11H2,1H3/b3-2+. The molecule has 0 aliphatic heterocycles. The number of hydrogen-bond acceptors (Lipinski definition) is 2. The minimum Gasteiger partial charge on any atom is -0.459 e. The quantitative estimate of drug-likeness (QED) is 0.570. The second-order valence-electron chi connectivity index (χ2n) is 6.17. The summed E-state index contributed by atoms with van der Waals surface area (Å²) in [5, 5.41) is 1.63. The van der Waals surface area contributed by atoms with Crippen molar-refractivity contribution in [1.82, 2.24) is 0 Å². The zero-order chi connectivity index (χ0) is 16.2. The third-order valence-electron chi connectivity index (χ3n) is 4.50. The SMILES string of the molecule is C/C=C/C1CCC(OC(=O)c2ccc3cc(F)ccc3c2)CC1. The Kier molecular flexibility index (Phi) is 4.75. The lowest BCUT2D eigenvalue weighted by Gasteiger charge is -2.26. The molecule has 0 N–H and O–H groups in total. The number of rotatable bonds is 3. The Morgan fingerprint density at radius 2 is 1.78 bits per heavy atom. The van der Waals surface area contributed by atoms with E-state index < -0.39 is 0 Å². The van der Waals surface area contributed by atoms with Crippen LogP contribution in [0.25, 0.3) is 10.8 Å². The molecule has 1 saturated carbocycles. The molecule has 3 heteroatoms. The van der Waals surface area contributed by atoms with E-state index in [0.717, 1.165) is 36.5 Å². The molecule has 0 heterocycles. The molecule has 3 rings (SSSR count). The van der Waals surface area contributed by atoms with Crippen LogP contribution in [0.5, 0.6) is 0 Å². The fraction of sp³-hybridized carbons (Fsp3) is 0.350. The molecule has 1 fully saturated rings. The first-order valence-electron chi connectivity index (χ1n) is 8.19. The molecular formula is C20H21FO2. The molecule has 0 radical (unpaired) electrons. The number of allylic oxidation sites excluding steroid dienone is 2. The van der Waals surface area contributed by atoms with Gasteiger partial charge in [0.05, 0.1) is 5.56 Å². The Morgan fingerprint density at radius 3 is 2.52 bits per heavy atom. The smallest absolute Gasteiger partial charge is 0.338 e. The van der Waals surface area contributed by atoms with Crippen molar-refractivity contribution >= 4 is 16.7 Å². The van der Waals surface area contributed by atoms with E-state index in [9.17, 15) is 9.18 Å². The first-order chi connectivity index (χ1) is 11.2. The number of hydrogen-bond donors (Lipinski definition) is 0. The second kappa shape index (κ2) is 6.95. The van der Waals surface area contributed by atoms with Crippen LogP contribution >= 0.6 is 0 Å². The van der Waals surface area contributed by atoms with Crippen molar-refractivity contribution in [2.75, 3.05) is 0 Å². The first-order valence-corrected chi connectivity index (χ1v) is 8.19. The number of esters is 1. The Hall–Kier alpha value is -2.16. The van der Waals surface area contributed by atoms with Gasteiger partial charge in [0, 0.05) is 0 Å². The van der Waals surface area contributed by atoms with Crippen molar-refractivity contribution in [3.8, 4) is 0 Å². The van der Waals surface area contributed by atoms with E-state index >= 15 is 0 Å². The van der Waals surface area contributed by atoms with Crippen LogP contribution in [-0.4, -0.2) is 12.1 Å². The molecule has 23 heavy (non-hydrogen) atoms. The predicted molar refractivity (Wildman–Crippen MR) is 89.9 cm³/mol. The largest absolute Gasteiger partial charge is 0.459 e. The van der Waals surface area contributed by atoms with Crippen molar-refractivity contribution in [2.45, 2.75) is 38.7 Å². The maximum atomic E-state index is 13.2. The third-order valence-corrected chi connectivity index (χ3v) is 4.50. The van der Waals surface area contributed by atoms with Crippen molar-refractivity contribution in [3.63, 3.8) is 0 Å². The molecule has 0 saturated heterocycles. The van der Waals surface area contributed by atoms with Crippen molar-refractivity contribution in [1.29, 1.82) is 0 Å². The van der Waals surface area contributed by atoms with E-state index in [4.69, 9.17) is 4.74 Å². The fourth-order valence-corrected chi connectivity index (χ4v) is 3.23. The molecule has 120 valence electrons. The molecule has 1 aliphatic rings. The lowest BCUT2D eigenvalue weighted by Crippen LogP contribution is -2.24. The van der Waals surface area contributed by atoms with Crippen molar-refractivity contribution < 1.29 is 13.9 Å². The molecular weight excluding hydrogens is 291 g/mol. The summed E-state index contributed by atoms with van der Waals surface area (Å²) in [5.41, 5.74) is 0.527. The summed E-state index contributed by atoms with van der Waals surface area (Å²) in [4.78, 5) is 12.3. The van der Waals surface area contributed by atoms with Gasteiger partial charge < -0.3 is 4.74 Å². The van der Waals surface area contributed by atoms with E-state index in [1.807, 2.05) is 6.92 Å². The van der Waals surface area contributed by atoms with Crippen LogP contribution in [0.1, 0.15) is 43.0 Å². The Bertz CT molecular complexity index is 727. The third kappa shape index (κ3) is 3.79. The van der Waals surface area contributed by atoms with Gasteiger partial charge in [0.25, 0.3) is 0 Å². The van der Waals surface area contributed by atoms with Gasteiger partial charge in [0.1, 0.15) is 11.9 Å². The summed E-state index contributed by atoms with van der Waals surface area (Å²) >= 11 is 0. The molecule has 2 aromatic carbocycles. The van der Waals surface area contributed by atoms with Gasteiger partial charge >= 0.3 is 5.97 Å². The Labute approximate surface area is 136 Å². The maximum Gasteiger partial charge on any atom is 0.338 e. The highest BCUT2D eigenvalue weighted by Crippen LogP contribution is 2.28. The predicted octanol–water partition coefficient (Wildman–Crippen LogP) is 5.27. The molecule has 0 bridgehead atoms. The molecule has 0 amide bonds. The van der Waals surface area contributed by atoms with Crippen LogP contribution in [0.15, 0.2) is 48.6 Å². The number of halogens is 1. The highest BCUT2D eigenvalue weighted by Gasteiger charge is 2.23. The van der Waals surface area contributed by atoms with Gasteiger partial charge in [-0.2, -0.15) is 0 Å². The average molecular weight is 312 g/mol. The molecule has 2 aromatic rings. The van der Waals surface area contributed by atoms with Gasteiger partial charge in [0.2, 0.25) is 0 Å². The Balaban J connectivity index is 1.65. The van der Waals surface area contributed by atoms with Gasteiger partial charge in [-0.3, -0.25) is 0 Å². The summed E-state index contributed by atoms with van der Waals surface area (Å²) < 4.78 is 18.8. The van der Waals surface area contributed by atoms with Gasteiger partial charge in [-0.05, 0) is 73.6 Å². The van der Waals surface area contributed by atoms with E-state index in [2.05, 4.69) is 12.2 Å².